The zero-order valence-corrected chi connectivity index (χ0v) is 12.8. The molecule has 20 heavy (non-hydrogen) atoms. The van der Waals surface area contributed by atoms with Crippen LogP contribution in [-0.4, -0.2) is 30.8 Å². The zero-order chi connectivity index (χ0) is 13.9. The van der Waals surface area contributed by atoms with Crippen molar-refractivity contribution >= 4 is 23.4 Å². The molecule has 0 saturated heterocycles. The molecule has 3 rings (SSSR count). The second kappa shape index (κ2) is 6.19. The predicted molar refractivity (Wildman–Crippen MR) is 84.3 cm³/mol. The SMILES string of the molecule is CC(NCC(=O)N1CCSc2ccccc21)C1CCC1. The van der Waals surface area contributed by atoms with Gasteiger partial charge >= 0.3 is 0 Å². The monoisotopic (exact) mass is 290 g/mol. The fraction of sp³-hybridized carbons (Fsp3) is 0.562. The molecule has 1 N–H and O–H groups in total. The Balaban J connectivity index is 1.60. The fourth-order valence-corrected chi connectivity index (χ4v) is 3.87. The first-order valence-corrected chi connectivity index (χ1v) is 8.50. The summed E-state index contributed by atoms with van der Waals surface area (Å²) in [5.41, 5.74) is 1.08. The molecule has 1 unspecified atom stereocenters. The lowest BCUT2D eigenvalue weighted by Crippen LogP contribution is -2.45. The molecule has 1 fully saturated rings. The van der Waals surface area contributed by atoms with Gasteiger partial charge in [-0.1, -0.05) is 18.6 Å². The summed E-state index contributed by atoms with van der Waals surface area (Å²) >= 11 is 1.84. The molecule has 1 aromatic rings. The third kappa shape index (κ3) is 2.86. The summed E-state index contributed by atoms with van der Waals surface area (Å²) < 4.78 is 0. The summed E-state index contributed by atoms with van der Waals surface area (Å²) in [5.74, 6) is 1.96. The molecule has 4 heteroatoms. The van der Waals surface area contributed by atoms with Gasteiger partial charge < -0.3 is 10.2 Å². The largest absolute Gasteiger partial charge is 0.309 e. The van der Waals surface area contributed by atoms with E-state index in [1.165, 1.54) is 24.2 Å². The van der Waals surface area contributed by atoms with Crippen LogP contribution in [0.15, 0.2) is 29.2 Å². The first-order chi connectivity index (χ1) is 9.75. The van der Waals surface area contributed by atoms with Crippen molar-refractivity contribution in [3.05, 3.63) is 24.3 Å². The van der Waals surface area contributed by atoms with Gasteiger partial charge in [0.1, 0.15) is 0 Å². The number of nitrogens with zero attached hydrogens (tertiary/aromatic N) is 1. The van der Waals surface area contributed by atoms with Crippen LogP contribution in [0, 0.1) is 5.92 Å². The first-order valence-electron chi connectivity index (χ1n) is 7.51. The van der Waals surface area contributed by atoms with Crippen molar-refractivity contribution in [2.45, 2.75) is 37.1 Å². The quantitative estimate of drug-likeness (QED) is 0.925. The maximum atomic E-state index is 12.4. The van der Waals surface area contributed by atoms with E-state index in [-0.39, 0.29) is 5.91 Å². The average Bonchev–Trinajstić information content (AvgIpc) is 2.42. The summed E-state index contributed by atoms with van der Waals surface area (Å²) in [5, 5.41) is 3.41. The lowest BCUT2D eigenvalue weighted by Gasteiger charge is -2.33. The summed E-state index contributed by atoms with van der Waals surface area (Å²) in [6.07, 6.45) is 3.97. The molecule has 1 saturated carbocycles. The Morgan fingerprint density at radius 1 is 1.45 bits per heavy atom. The van der Waals surface area contributed by atoms with Crippen LogP contribution < -0.4 is 10.2 Å². The van der Waals surface area contributed by atoms with Gasteiger partial charge in [0, 0.05) is 23.2 Å². The number of fused-ring (bicyclic) bond motifs is 1. The second-order valence-electron chi connectivity index (χ2n) is 5.72. The van der Waals surface area contributed by atoms with Crippen LogP contribution >= 0.6 is 11.8 Å². The number of hydrogen-bond acceptors (Lipinski definition) is 3. The smallest absolute Gasteiger partial charge is 0.241 e. The van der Waals surface area contributed by atoms with Crippen molar-refractivity contribution in [1.82, 2.24) is 5.32 Å². The number of carbonyl (C=O) groups is 1. The minimum absolute atomic E-state index is 0.198. The van der Waals surface area contributed by atoms with Gasteiger partial charge in [0.25, 0.3) is 0 Å². The highest BCUT2D eigenvalue weighted by Crippen LogP contribution is 2.34. The van der Waals surface area contributed by atoms with Crippen LogP contribution in [0.25, 0.3) is 0 Å². The standard InChI is InChI=1S/C16H22N2OS/c1-12(13-5-4-6-13)17-11-16(19)18-9-10-20-15-8-3-2-7-14(15)18/h2-3,7-8,12-13,17H,4-6,9-11H2,1H3. The predicted octanol–water partition coefficient (Wildman–Crippen LogP) is 2.90. The number of rotatable bonds is 4. The van der Waals surface area contributed by atoms with E-state index in [2.05, 4.69) is 24.4 Å². The highest BCUT2D eigenvalue weighted by atomic mass is 32.2. The van der Waals surface area contributed by atoms with Crippen molar-refractivity contribution in [3.63, 3.8) is 0 Å². The molecule has 0 radical (unpaired) electrons. The minimum atomic E-state index is 0.198. The van der Waals surface area contributed by atoms with Gasteiger partial charge in [-0.15, -0.1) is 11.8 Å². The van der Waals surface area contributed by atoms with Crippen LogP contribution in [0.4, 0.5) is 5.69 Å². The molecule has 1 aliphatic heterocycles. The molecule has 0 aromatic heterocycles. The maximum Gasteiger partial charge on any atom is 0.241 e. The van der Waals surface area contributed by atoms with Crippen LogP contribution in [0.2, 0.25) is 0 Å². The molecule has 1 atom stereocenters. The topological polar surface area (TPSA) is 32.3 Å². The van der Waals surface area contributed by atoms with Crippen molar-refractivity contribution in [3.8, 4) is 0 Å². The number of carbonyl (C=O) groups excluding carboxylic acids is 1. The van der Waals surface area contributed by atoms with Crippen LogP contribution in [-0.2, 0) is 4.79 Å². The molecular formula is C16H22N2OS. The lowest BCUT2D eigenvalue weighted by atomic mass is 9.80. The van der Waals surface area contributed by atoms with Crippen molar-refractivity contribution in [2.75, 3.05) is 23.7 Å². The van der Waals surface area contributed by atoms with Crippen LogP contribution in [0.5, 0.6) is 0 Å². The van der Waals surface area contributed by atoms with E-state index in [0.717, 1.165) is 23.9 Å². The van der Waals surface area contributed by atoms with Gasteiger partial charge in [0.2, 0.25) is 5.91 Å². The van der Waals surface area contributed by atoms with E-state index >= 15 is 0 Å². The number of hydrogen-bond donors (Lipinski definition) is 1. The van der Waals surface area contributed by atoms with Gasteiger partial charge in [-0.05, 0) is 37.8 Å². The normalized spacial score (nSPS) is 20.1. The first kappa shape index (κ1) is 14.0. The Labute approximate surface area is 125 Å². The van der Waals surface area contributed by atoms with E-state index < -0.39 is 0 Å². The van der Waals surface area contributed by atoms with Gasteiger partial charge in [-0.2, -0.15) is 0 Å². The van der Waals surface area contributed by atoms with Crippen LogP contribution in [0.3, 0.4) is 0 Å². The Morgan fingerprint density at radius 2 is 2.25 bits per heavy atom. The highest BCUT2D eigenvalue weighted by molar-refractivity contribution is 7.99. The average molecular weight is 290 g/mol. The van der Waals surface area contributed by atoms with E-state index in [4.69, 9.17) is 0 Å². The van der Waals surface area contributed by atoms with E-state index in [0.29, 0.717) is 12.6 Å². The Kier molecular flexibility index (Phi) is 4.32. The molecule has 3 nitrogen and oxygen atoms in total. The molecular weight excluding hydrogens is 268 g/mol. The Hall–Kier alpha value is -1.00. The zero-order valence-electron chi connectivity index (χ0n) is 12.0. The Bertz CT molecular complexity index is 487. The molecule has 0 spiro atoms. The van der Waals surface area contributed by atoms with Gasteiger partial charge in [-0.25, -0.2) is 0 Å². The van der Waals surface area contributed by atoms with Gasteiger partial charge in [0.05, 0.1) is 12.2 Å². The van der Waals surface area contributed by atoms with E-state index in [1.807, 2.05) is 28.8 Å². The molecule has 2 aliphatic rings. The number of amides is 1. The summed E-state index contributed by atoms with van der Waals surface area (Å²) in [7, 11) is 0. The second-order valence-corrected chi connectivity index (χ2v) is 6.86. The summed E-state index contributed by atoms with van der Waals surface area (Å²) in [6.45, 7) is 3.48. The molecule has 0 bridgehead atoms. The molecule has 108 valence electrons. The lowest BCUT2D eigenvalue weighted by molar-refractivity contribution is -0.118. The molecule has 1 amide bonds. The van der Waals surface area contributed by atoms with Gasteiger partial charge in [0.15, 0.2) is 0 Å². The minimum Gasteiger partial charge on any atom is -0.309 e. The summed E-state index contributed by atoms with van der Waals surface area (Å²) in [4.78, 5) is 15.6. The number of thioether (sulfide) groups is 1. The van der Waals surface area contributed by atoms with Crippen molar-refractivity contribution in [1.29, 1.82) is 0 Å². The molecule has 1 aliphatic carbocycles. The van der Waals surface area contributed by atoms with Crippen molar-refractivity contribution < 1.29 is 4.79 Å². The fourth-order valence-electron chi connectivity index (χ4n) is 2.88. The van der Waals surface area contributed by atoms with E-state index in [9.17, 15) is 4.79 Å². The van der Waals surface area contributed by atoms with Crippen LogP contribution in [0.1, 0.15) is 26.2 Å². The number of benzene rings is 1. The summed E-state index contributed by atoms with van der Waals surface area (Å²) in [6, 6.07) is 8.66. The highest BCUT2D eigenvalue weighted by Gasteiger charge is 2.26. The third-order valence-corrected chi connectivity index (χ3v) is 5.50. The third-order valence-electron chi connectivity index (χ3n) is 4.46. The van der Waals surface area contributed by atoms with Crippen molar-refractivity contribution in [2.24, 2.45) is 5.92 Å². The van der Waals surface area contributed by atoms with E-state index in [1.54, 1.807) is 0 Å². The molecule has 1 aromatic carbocycles. The number of nitrogens with one attached hydrogen (secondary N) is 1. The van der Waals surface area contributed by atoms with Gasteiger partial charge in [-0.3, -0.25) is 4.79 Å². The number of anilines is 1. The number of para-hydroxylation sites is 1. The maximum absolute atomic E-state index is 12.4. The molecule has 1 heterocycles. The Morgan fingerprint density at radius 3 is 3.00 bits per heavy atom.